The molecule has 0 radical (unpaired) electrons. The van der Waals surface area contributed by atoms with E-state index in [4.69, 9.17) is 15.2 Å². The lowest BCUT2D eigenvalue weighted by atomic mass is 9.93. The van der Waals surface area contributed by atoms with E-state index < -0.39 is 16.9 Å². The Labute approximate surface area is 153 Å². The maximum atomic E-state index is 11.7. The van der Waals surface area contributed by atoms with Crippen molar-refractivity contribution in [3.8, 4) is 11.5 Å². The molecule has 2 aliphatic rings. The molecule has 3 N–H and O–H groups in total. The first-order valence-corrected chi connectivity index (χ1v) is 8.25. The number of carbonyl (C=O) groups excluding carboxylic acids is 1. The molecule has 4 rings (SSSR count). The molecule has 2 aliphatic heterocycles. The van der Waals surface area contributed by atoms with Gasteiger partial charge in [0.25, 0.3) is 5.69 Å². The highest BCUT2D eigenvalue weighted by molar-refractivity contribution is 6.14. The van der Waals surface area contributed by atoms with E-state index in [0.29, 0.717) is 34.8 Å². The van der Waals surface area contributed by atoms with Crippen LogP contribution in [0.1, 0.15) is 22.3 Å². The number of nitrogens with two attached hydrogens (primary N) is 1. The van der Waals surface area contributed by atoms with Gasteiger partial charge in [-0.3, -0.25) is 20.3 Å². The van der Waals surface area contributed by atoms with Crippen molar-refractivity contribution in [2.75, 3.05) is 6.79 Å². The predicted octanol–water partition coefficient (Wildman–Crippen LogP) is 1.38. The molecule has 1 unspecified atom stereocenters. The van der Waals surface area contributed by atoms with Crippen LogP contribution in [0.25, 0.3) is 0 Å². The molecule has 138 valence electrons. The van der Waals surface area contributed by atoms with E-state index in [1.54, 1.807) is 25.1 Å². The third kappa shape index (κ3) is 2.92. The van der Waals surface area contributed by atoms with Gasteiger partial charge in [0, 0.05) is 29.2 Å². The summed E-state index contributed by atoms with van der Waals surface area (Å²) in [4.78, 5) is 22.4. The Balaban J connectivity index is 1.86. The zero-order valence-electron chi connectivity index (χ0n) is 14.4. The molecule has 2 aromatic rings. The number of hydrogen-bond acceptors (Lipinski definition) is 7. The number of benzene rings is 2. The van der Waals surface area contributed by atoms with E-state index in [0.717, 1.165) is 11.1 Å². The molecular formula is C18H16N4O5. The predicted molar refractivity (Wildman–Crippen MR) is 95.9 cm³/mol. The van der Waals surface area contributed by atoms with Crippen molar-refractivity contribution < 1.29 is 19.2 Å². The second kappa shape index (κ2) is 6.27. The van der Waals surface area contributed by atoms with Crippen molar-refractivity contribution >= 4 is 17.3 Å². The molecule has 0 spiro atoms. The number of fused-ring (bicyclic) bond motifs is 2. The Bertz CT molecular complexity index is 1000. The van der Waals surface area contributed by atoms with Crippen LogP contribution in [0.15, 0.2) is 35.4 Å². The lowest BCUT2D eigenvalue weighted by Crippen LogP contribution is -2.39. The Hall–Kier alpha value is -3.62. The van der Waals surface area contributed by atoms with Crippen molar-refractivity contribution in [2.24, 2.45) is 10.8 Å². The van der Waals surface area contributed by atoms with E-state index in [1.165, 1.54) is 6.07 Å². The van der Waals surface area contributed by atoms with Gasteiger partial charge in [0.2, 0.25) is 12.7 Å². The number of amides is 1. The Morgan fingerprint density at radius 2 is 2.04 bits per heavy atom. The smallest absolute Gasteiger partial charge is 0.272 e. The topological polar surface area (TPSA) is 129 Å². The zero-order chi connectivity index (χ0) is 19.1. The first kappa shape index (κ1) is 16.8. The zero-order valence-corrected chi connectivity index (χ0v) is 14.4. The molecule has 0 aromatic heterocycles. The number of nitro groups is 1. The molecule has 0 fully saturated rings. The van der Waals surface area contributed by atoms with Crippen LogP contribution < -0.4 is 20.6 Å². The lowest BCUT2D eigenvalue weighted by Gasteiger charge is -2.12. The molecule has 9 nitrogen and oxygen atoms in total. The summed E-state index contributed by atoms with van der Waals surface area (Å²) in [5.41, 5.74) is 11.6. The van der Waals surface area contributed by atoms with Crippen molar-refractivity contribution in [2.45, 2.75) is 19.4 Å². The Morgan fingerprint density at radius 3 is 2.70 bits per heavy atom. The summed E-state index contributed by atoms with van der Waals surface area (Å²) in [5, 5.41) is 15.5. The second-order valence-electron chi connectivity index (χ2n) is 6.37. The van der Waals surface area contributed by atoms with Gasteiger partial charge in [-0.2, -0.15) is 5.10 Å². The van der Waals surface area contributed by atoms with Gasteiger partial charge >= 0.3 is 0 Å². The van der Waals surface area contributed by atoms with Gasteiger partial charge in [-0.05, 0) is 36.8 Å². The molecule has 1 atom stereocenters. The number of hydrogen-bond donors (Lipinski definition) is 2. The third-order valence-corrected chi connectivity index (χ3v) is 4.62. The minimum Gasteiger partial charge on any atom is -0.454 e. The van der Waals surface area contributed by atoms with Gasteiger partial charge in [0.05, 0.1) is 10.6 Å². The molecule has 0 aliphatic carbocycles. The molecular weight excluding hydrogens is 352 g/mol. The maximum Gasteiger partial charge on any atom is 0.272 e. The van der Waals surface area contributed by atoms with Gasteiger partial charge < -0.3 is 15.2 Å². The fourth-order valence-corrected chi connectivity index (χ4v) is 3.23. The minimum absolute atomic E-state index is 0.0295. The largest absolute Gasteiger partial charge is 0.454 e. The average Bonchev–Trinajstić information content (AvgIpc) is 2.98. The summed E-state index contributed by atoms with van der Waals surface area (Å²) in [6.45, 7) is 1.79. The first-order valence-electron chi connectivity index (χ1n) is 8.25. The molecule has 1 amide bonds. The number of rotatable bonds is 3. The highest BCUT2D eigenvalue weighted by atomic mass is 16.7. The van der Waals surface area contributed by atoms with Crippen LogP contribution in [0.2, 0.25) is 0 Å². The van der Waals surface area contributed by atoms with E-state index >= 15 is 0 Å². The quantitative estimate of drug-likeness (QED) is 0.622. The van der Waals surface area contributed by atoms with Crippen LogP contribution in [0, 0.1) is 17.0 Å². The molecule has 0 saturated carbocycles. The molecule has 0 bridgehead atoms. The summed E-state index contributed by atoms with van der Waals surface area (Å²) in [7, 11) is 0. The first-order chi connectivity index (χ1) is 12.9. The van der Waals surface area contributed by atoms with E-state index in [1.807, 2.05) is 6.07 Å². The van der Waals surface area contributed by atoms with Crippen molar-refractivity contribution in [1.29, 1.82) is 0 Å². The number of hydrazone groups is 1. The molecule has 2 aromatic carbocycles. The average molecular weight is 368 g/mol. The Kier molecular flexibility index (Phi) is 3.91. The minimum atomic E-state index is -0.680. The van der Waals surface area contributed by atoms with Gasteiger partial charge in [-0.25, -0.2) is 0 Å². The molecule has 2 heterocycles. The fourth-order valence-electron chi connectivity index (χ4n) is 3.23. The van der Waals surface area contributed by atoms with E-state index in [-0.39, 0.29) is 12.5 Å². The number of aryl methyl sites for hydroxylation is 1. The number of carbonyl (C=O) groups is 1. The second-order valence-corrected chi connectivity index (χ2v) is 6.37. The Morgan fingerprint density at radius 1 is 1.30 bits per heavy atom. The SMILES string of the molecule is Cc1cc(C2=NNC(C(N)=O)Cc3cc4c(cc32)OCO4)ccc1[N+](=O)[O-]. The molecule has 27 heavy (non-hydrogen) atoms. The summed E-state index contributed by atoms with van der Waals surface area (Å²) < 4.78 is 10.9. The maximum absolute atomic E-state index is 11.7. The van der Waals surface area contributed by atoms with Crippen molar-refractivity contribution in [3.05, 3.63) is 62.7 Å². The van der Waals surface area contributed by atoms with Crippen LogP contribution in [0.3, 0.4) is 0 Å². The molecule has 9 heteroatoms. The van der Waals surface area contributed by atoms with Crippen molar-refractivity contribution in [1.82, 2.24) is 5.43 Å². The van der Waals surface area contributed by atoms with Gasteiger partial charge in [0.1, 0.15) is 6.04 Å². The standard InChI is InChI=1S/C18H16N4O5/c1-9-4-10(2-3-14(9)22(24)25)17-12-7-16-15(26-8-27-16)6-11(12)5-13(18(19)23)20-21-17/h2-4,6-7,13,20H,5,8H2,1H3,(H2,19,23). The van der Waals surface area contributed by atoms with Gasteiger partial charge in [-0.1, -0.05) is 0 Å². The monoisotopic (exact) mass is 368 g/mol. The summed E-state index contributed by atoms with van der Waals surface area (Å²) in [6.07, 6.45) is 0.334. The van der Waals surface area contributed by atoms with Crippen LogP contribution in [-0.4, -0.2) is 29.4 Å². The fraction of sp³-hybridized carbons (Fsp3) is 0.222. The summed E-state index contributed by atoms with van der Waals surface area (Å²) >= 11 is 0. The van der Waals surface area contributed by atoms with E-state index in [2.05, 4.69) is 10.5 Å². The van der Waals surface area contributed by atoms with E-state index in [9.17, 15) is 14.9 Å². The molecule has 0 saturated heterocycles. The van der Waals surface area contributed by atoms with Crippen LogP contribution >= 0.6 is 0 Å². The highest BCUT2D eigenvalue weighted by Gasteiger charge is 2.27. The lowest BCUT2D eigenvalue weighted by molar-refractivity contribution is -0.385. The third-order valence-electron chi connectivity index (χ3n) is 4.62. The summed E-state index contributed by atoms with van der Waals surface area (Å²) in [5.74, 6) is 0.652. The normalized spacial score (nSPS) is 17.4. The van der Waals surface area contributed by atoms with Crippen LogP contribution in [0.4, 0.5) is 5.69 Å². The number of nitro benzene ring substituents is 1. The van der Waals surface area contributed by atoms with Gasteiger partial charge in [-0.15, -0.1) is 0 Å². The van der Waals surface area contributed by atoms with Gasteiger partial charge in [0.15, 0.2) is 11.5 Å². The van der Waals surface area contributed by atoms with Crippen LogP contribution in [0.5, 0.6) is 11.5 Å². The highest BCUT2D eigenvalue weighted by Crippen LogP contribution is 2.37. The number of nitrogens with one attached hydrogen (secondary N) is 1. The van der Waals surface area contributed by atoms with Crippen molar-refractivity contribution in [3.63, 3.8) is 0 Å². The summed E-state index contributed by atoms with van der Waals surface area (Å²) in [6, 6.07) is 7.70. The number of primary amides is 1. The van der Waals surface area contributed by atoms with Crippen LogP contribution in [-0.2, 0) is 11.2 Å². The number of nitrogens with zero attached hydrogens (tertiary/aromatic N) is 2. The number of ether oxygens (including phenoxy) is 2.